The molecule has 1 saturated heterocycles. The second-order valence-electron chi connectivity index (χ2n) is 3.97. The highest BCUT2D eigenvalue weighted by Crippen LogP contribution is 2.26. The number of aromatic nitrogens is 2. The van der Waals surface area contributed by atoms with Gasteiger partial charge in [0.05, 0.1) is 11.8 Å². The Labute approximate surface area is 93.6 Å². The third-order valence-corrected chi connectivity index (χ3v) is 3.36. The van der Waals surface area contributed by atoms with E-state index in [2.05, 4.69) is 17.1 Å². The zero-order valence-corrected chi connectivity index (χ0v) is 9.37. The first-order valence-electron chi connectivity index (χ1n) is 5.09. The van der Waals surface area contributed by atoms with Gasteiger partial charge in [-0.25, -0.2) is 0 Å². The molecule has 1 aromatic heterocycles. The highest BCUT2D eigenvalue weighted by atomic mass is 35.5. The standard InChI is InChI=1S/C10H14ClN3O/c1-7-2-3-14(9(7)4-11)10(15)8-5-12-13-6-8/h5-7,9H,2-4H2,1H3,(H,12,13). The summed E-state index contributed by atoms with van der Waals surface area (Å²) in [5.74, 6) is 1.02. The molecular weight excluding hydrogens is 214 g/mol. The number of likely N-dealkylation sites (tertiary alicyclic amines) is 1. The predicted octanol–water partition coefficient (Wildman–Crippen LogP) is 1.50. The summed E-state index contributed by atoms with van der Waals surface area (Å²) >= 11 is 5.89. The molecule has 1 aliphatic rings. The molecule has 1 amide bonds. The van der Waals surface area contributed by atoms with Gasteiger partial charge in [-0.1, -0.05) is 6.92 Å². The normalized spacial score (nSPS) is 25.9. The van der Waals surface area contributed by atoms with Crippen LogP contribution in [0.3, 0.4) is 0 Å². The zero-order valence-electron chi connectivity index (χ0n) is 8.61. The van der Waals surface area contributed by atoms with Gasteiger partial charge in [-0.2, -0.15) is 5.10 Å². The number of nitrogens with zero attached hydrogens (tertiary/aromatic N) is 2. The van der Waals surface area contributed by atoms with E-state index >= 15 is 0 Å². The number of aromatic amines is 1. The van der Waals surface area contributed by atoms with Gasteiger partial charge in [0.15, 0.2) is 0 Å². The van der Waals surface area contributed by atoms with Gasteiger partial charge in [0.1, 0.15) is 0 Å². The number of hydrogen-bond donors (Lipinski definition) is 1. The summed E-state index contributed by atoms with van der Waals surface area (Å²) < 4.78 is 0. The van der Waals surface area contributed by atoms with Crippen LogP contribution >= 0.6 is 11.6 Å². The molecule has 0 aliphatic carbocycles. The van der Waals surface area contributed by atoms with Crippen molar-refractivity contribution in [2.24, 2.45) is 5.92 Å². The van der Waals surface area contributed by atoms with Crippen molar-refractivity contribution in [3.05, 3.63) is 18.0 Å². The Balaban J connectivity index is 2.14. The molecule has 1 fully saturated rings. The highest BCUT2D eigenvalue weighted by Gasteiger charge is 2.34. The molecule has 2 heterocycles. The van der Waals surface area contributed by atoms with Crippen molar-refractivity contribution in [1.29, 1.82) is 0 Å². The van der Waals surface area contributed by atoms with Gasteiger partial charge in [0.2, 0.25) is 0 Å². The summed E-state index contributed by atoms with van der Waals surface area (Å²) in [6, 6.07) is 0.161. The van der Waals surface area contributed by atoms with Gasteiger partial charge >= 0.3 is 0 Å². The van der Waals surface area contributed by atoms with Crippen molar-refractivity contribution in [3.8, 4) is 0 Å². The van der Waals surface area contributed by atoms with Crippen LogP contribution in [0.15, 0.2) is 12.4 Å². The maximum atomic E-state index is 12.0. The van der Waals surface area contributed by atoms with E-state index in [4.69, 9.17) is 11.6 Å². The number of hydrogen-bond acceptors (Lipinski definition) is 2. The maximum absolute atomic E-state index is 12.0. The van der Waals surface area contributed by atoms with Gasteiger partial charge in [0, 0.05) is 24.7 Å². The van der Waals surface area contributed by atoms with Gasteiger partial charge in [-0.05, 0) is 12.3 Å². The molecule has 2 unspecified atom stereocenters. The van der Waals surface area contributed by atoms with Crippen molar-refractivity contribution in [3.63, 3.8) is 0 Å². The number of H-pyrrole nitrogens is 1. The Bertz CT molecular complexity index is 338. The van der Waals surface area contributed by atoms with Crippen molar-refractivity contribution >= 4 is 17.5 Å². The third kappa shape index (κ3) is 1.86. The Kier molecular flexibility index (Phi) is 2.95. The van der Waals surface area contributed by atoms with Crippen molar-refractivity contribution in [1.82, 2.24) is 15.1 Å². The fourth-order valence-electron chi connectivity index (χ4n) is 2.03. The largest absolute Gasteiger partial charge is 0.334 e. The topological polar surface area (TPSA) is 49.0 Å². The summed E-state index contributed by atoms with van der Waals surface area (Å²) in [7, 11) is 0. The van der Waals surface area contributed by atoms with Crippen molar-refractivity contribution in [2.45, 2.75) is 19.4 Å². The Morgan fingerprint density at radius 3 is 3.20 bits per heavy atom. The minimum Gasteiger partial charge on any atom is -0.334 e. The lowest BCUT2D eigenvalue weighted by Gasteiger charge is -2.24. The second kappa shape index (κ2) is 4.23. The molecule has 0 radical (unpaired) electrons. The molecule has 0 bridgehead atoms. The summed E-state index contributed by atoms with van der Waals surface area (Å²) in [5.41, 5.74) is 0.610. The number of nitrogens with one attached hydrogen (secondary N) is 1. The SMILES string of the molecule is CC1CCN(C(=O)c2cn[nH]c2)C1CCl. The first-order chi connectivity index (χ1) is 7.24. The lowest BCUT2D eigenvalue weighted by Crippen LogP contribution is -2.38. The van der Waals surface area contributed by atoms with Crippen LogP contribution in [-0.2, 0) is 0 Å². The van der Waals surface area contributed by atoms with E-state index in [9.17, 15) is 4.79 Å². The Morgan fingerprint density at radius 2 is 2.60 bits per heavy atom. The zero-order chi connectivity index (χ0) is 10.8. The average Bonchev–Trinajstić information content (AvgIpc) is 2.85. The smallest absolute Gasteiger partial charge is 0.257 e. The minimum absolute atomic E-state index is 0.0266. The van der Waals surface area contributed by atoms with E-state index in [1.807, 2.05) is 4.90 Å². The molecule has 82 valence electrons. The molecule has 1 N–H and O–H groups in total. The van der Waals surface area contributed by atoms with Crippen LogP contribution in [-0.4, -0.2) is 39.5 Å². The number of carbonyl (C=O) groups excluding carboxylic acids is 1. The molecule has 2 rings (SSSR count). The second-order valence-corrected chi connectivity index (χ2v) is 4.28. The first kappa shape index (κ1) is 10.5. The van der Waals surface area contributed by atoms with Crippen LogP contribution in [0.1, 0.15) is 23.7 Å². The van der Waals surface area contributed by atoms with Crippen LogP contribution < -0.4 is 0 Å². The fourth-order valence-corrected chi connectivity index (χ4v) is 2.50. The van der Waals surface area contributed by atoms with Crippen LogP contribution in [0.25, 0.3) is 0 Å². The van der Waals surface area contributed by atoms with E-state index in [1.54, 1.807) is 12.4 Å². The Hall–Kier alpha value is -1.03. The van der Waals surface area contributed by atoms with Crippen LogP contribution in [0.5, 0.6) is 0 Å². The van der Waals surface area contributed by atoms with Gasteiger partial charge in [-0.3, -0.25) is 9.89 Å². The predicted molar refractivity (Wildman–Crippen MR) is 57.9 cm³/mol. The van der Waals surface area contributed by atoms with E-state index in [1.165, 1.54) is 0 Å². The average molecular weight is 228 g/mol. The lowest BCUT2D eigenvalue weighted by atomic mass is 10.0. The third-order valence-electron chi connectivity index (χ3n) is 3.05. The fraction of sp³-hybridized carbons (Fsp3) is 0.600. The van der Waals surface area contributed by atoms with E-state index in [-0.39, 0.29) is 11.9 Å². The number of amides is 1. The number of alkyl halides is 1. The maximum Gasteiger partial charge on any atom is 0.257 e. The molecule has 0 saturated carbocycles. The van der Waals surface area contributed by atoms with Gasteiger partial charge < -0.3 is 4.90 Å². The summed E-state index contributed by atoms with van der Waals surface area (Å²) in [5, 5.41) is 6.43. The minimum atomic E-state index is 0.0266. The molecule has 1 aromatic rings. The summed E-state index contributed by atoms with van der Waals surface area (Å²) in [6.07, 6.45) is 4.20. The molecule has 1 aliphatic heterocycles. The Morgan fingerprint density at radius 1 is 1.80 bits per heavy atom. The van der Waals surface area contributed by atoms with Gasteiger partial charge in [0.25, 0.3) is 5.91 Å². The van der Waals surface area contributed by atoms with Crippen LogP contribution in [0.4, 0.5) is 0 Å². The van der Waals surface area contributed by atoms with Crippen molar-refractivity contribution in [2.75, 3.05) is 12.4 Å². The quantitative estimate of drug-likeness (QED) is 0.779. The van der Waals surface area contributed by atoms with E-state index in [0.717, 1.165) is 13.0 Å². The molecule has 5 heteroatoms. The molecule has 0 aromatic carbocycles. The number of rotatable bonds is 2. The summed E-state index contributed by atoms with van der Waals surface area (Å²) in [4.78, 5) is 13.9. The molecule has 4 nitrogen and oxygen atoms in total. The number of halogens is 1. The molecule has 0 spiro atoms. The van der Waals surface area contributed by atoms with Crippen LogP contribution in [0, 0.1) is 5.92 Å². The van der Waals surface area contributed by atoms with E-state index in [0.29, 0.717) is 17.4 Å². The van der Waals surface area contributed by atoms with E-state index < -0.39 is 0 Å². The van der Waals surface area contributed by atoms with Gasteiger partial charge in [-0.15, -0.1) is 11.6 Å². The lowest BCUT2D eigenvalue weighted by molar-refractivity contribution is 0.0737. The first-order valence-corrected chi connectivity index (χ1v) is 5.63. The molecule has 15 heavy (non-hydrogen) atoms. The van der Waals surface area contributed by atoms with Crippen LogP contribution in [0.2, 0.25) is 0 Å². The summed E-state index contributed by atoms with van der Waals surface area (Å²) in [6.45, 7) is 2.93. The molecule has 2 atom stereocenters. The highest BCUT2D eigenvalue weighted by molar-refractivity contribution is 6.18. The van der Waals surface area contributed by atoms with Crippen molar-refractivity contribution < 1.29 is 4.79 Å². The molecular formula is C10H14ClN3O. The number of carbonyl (C=O) groups is 1. The monoisotopic (exact) mass is 227 g/mol.